The summed E-state index contributed by atoms with van der Waals surface area (Å²) in [5.41, 5.74) is 1.70. The van der Waals surface area contributed by atoms with Gasteiger partial charge in [0.15, 0.2) is 0 Å². The molecule has 0 aliphatic carbocycles. The van der Waals surface area contributed by atoms with Gasteiger partial charge in [-0.05, 0) is 24.1 Å². The number of carbonyl (C=O) groups is 1. The van der Waals surface area contributed by atoms with E-state index in [9.17, 15) is 4.79 Å². The summed E-state index contributed by atoms with van der Waals surface area (Å²) >= 11 is 0. The molecule has 0 atom stereocenters. The Morgan fingerprint density at radius 3 is 2.53 bits per heavy atom. The van der Waals surface area contributed by atoms with Crippen LogP contribution < -0.4 is 0 Å². The standard InChI is InChI=1S/C14H18N2O/c1-3-4-5-14(17)16(2)11-13-8-6-12(10-15)7-9-13/h6-9H,3-5,11H2,1-2H3. The number of hydrogen-bond donors (Lipinski definition) is 0. The maximum absolute atomic E-state index is 11.7. The fourth-order valence-electron chi connectivity index (χ4n) is 1.57. The van der Waals surface area contributed by atoms with Crippen LogP contribution in [0.5, 0.6) is 0 Å². The second-order valence-electron chi connectivity index (χ2n) is 4.16. The van der Waals surface area contributed by atoms with Crippen molar-refractivity contribution in [1.82, 2.24) is 4.90 Å². The normalized spacial score (nSPS) is 9.71. The van der Waals surface area contributed by atoms with Crippen molar-refractivity contribution in [2.45, 2.75) is 32.7 Å². The molecule has 0 N–H and O–H groups in total. The van der Waals surface area contributed by atoms with Gasteiger partial charge in [0.1, 0.15) is 0 Å². The molecule has 0 aromatic heterocycles. The van der Waals surface area contributed by atoms with Crippen molar-refractivity contribution >= 4 is 5.91 Å². The molecule has 0 radical (unpaired) electrons. The summed E-state index contributed by atoms with van der Waals surface area (Å²) in [6.45, 7) is 2.68. The van der Waals surface area contributed by atoms with E-state index in [1.807, 2.05) is 19.2 Å². The van der Waals surface area contributed by atoms with E-state index in [0.717, 1.165) is 18.4 Å². The maximum Gasteiger partial charge on any atom is 0.222 e. The molecule has 0 bridgehead atoms. The Labute approximate surface area is 103 Å². The lowest BCUT2D eigenvalue weighted by atomic mass is 10.1. The summed E-state index contributed by atoms with van der Waals surface area (Å²) in [5.74, 6) is 0.177. The molecule has 0 saturated carbocycles. The molecule has 1 amide bonds. The molecule has 3 nitrogen and oxygen atoms in total. The van der Waals surface area contributed by atoms with Gasteiger partial charge in [-0.2, -0.15) is 5.26 Å². The lowest BCUT2D eigenvalue weighted by Crippen LogP contribution is -2.25. The second kappa shape index (κ2) is 6.70. The fourth-order valence-corrected chi connectivity index (χ4v) is 1.57. The third-order valence-corrected chi connectivity index (χ3v) is 2.67. The Bertz CT molecular complexity index is 403. The summed E-state index contributed by atoms with van der Waals surface area (Å²) in [5, 5.41) is 8.68. The van der Waals surface area contributed by atoms with Crippen LogP contribution in [-0.2, 0) is 11.3 Å². The number of unbranched alkanes of at least 4 members (excludes halogenated alkanes) is 1. The monoisotopic (exact) mass is 230 g/mol. The van der Waals surface area contributed by atoms with E-state index in [2.05, 4.69) is 13.0 Å². The summed E-state index contributed by atoms with van der Waals surface area (Å²) in [4.78, 5) is 13.4. The van der Waals surface area contributed by atoms with Crippen LogP contribution in [0.25, 0.3) is 0 Å². The number of nitrogens with zero attached hydrogens (tertiary/aromatic N) is 2. The van der Waals surface area contributed by atoms with E-state index in [1.165, 1.54) is 0 Å². The highest BCUT2D eigenvalue weighted by atomic mass is 16.2. The van der Waals surface area contributed by atoms with Gasteiger partial charge in [-0.15, -0.1) is 0 Å². The Balaban J connectivity index is 2.52. The van der Waals surface area contributed by atoms with Crippen LogP contribution in [-0.4, -0.2) is 17.9 Å². The minimum Gasteiger partial charge on any atom is -0.341 e. The SMILES string of the molecule is CCCCC(=O)N(C)Cc1ccc(C#N)cc1. The first-order valence-electron chi connectivity index (χ1n) is 5.90. The molecular weight excluding hydrogens is 212 g/mol. The molecular formula is C14H18N2O. The molecule has 90 valence electrons. The third kappa shape index (κ3) is 4.28. The van der Waals surface area contributed by atoms with Crippen molar-refractivity contribution in [2.24, 2.45) is 0 Å². The first-order valence-corrected chi connectivity index (χ1v) is 5.90. The van der Waals surface area contributed by atoms with E-state index in [0.29, 0.717) is 18.5 Å². The van der Waals surface area contributed by atoms with Crippen LogP contribution in [0.2, 0.25) is 0 Å². The van der Waals surface area contributed by atoms with E-state index in [4.69, 9.17) is 5.26 Å². The van der Waals surface area contributed by atoms with Crippen molar-refractivity contribution in [1.29, 1.82) is 5.26 Å². The molecule has 3 heteroatoms. The van der Waals surface area contributed by atoms with Crippen molar-refractivity contribution in [3.63, 3.8) is 0 Å². The molecule has 1 aromatic rings. The smallest absolute Gasteiger partial charge is 0.222 e. The Morgan fingerprint density at radius 2 is 2.00 bits per heavy atom. The fraction of sp³-hybridized carbons (Fsp3) is 0.429. The van der Waals surface area contributed by atoms with Crippen LogP contribution in [0, 0.1) is 11.3 Å². The average Bonchev–Trinajstić information content (AvgIpc) is 2.36. The molecule has 1 rings (SSSR count). The number of rotatable bonds is 5. The predicted octanol–water partition coefficient (Wildman–Crippen LogP) is 2.71. The summed E-state index contributed by atoms with van der Waals surface area (Å²) < 4.78 is 0. The molecule has 1 aromatic carbocycles. The van der Waals surface area contributed by atoms with Crippen LogP contribution in [0.15, 0.2) is 24.3 Å². The lowest BCUT2D eigenvalue weighted by Gasteiger charge is -2.17. The van der Waals surface area contributed by atoms with Gasteiger partial charge >= 0.3 is 0 Å². The number of carbonyl (C=O) groups excluding carboxylic acids is 1. The van der Waals surface area contributed by atoms with E-state index in [1.54, 1.807) is 17.0 Å². The molecule has 0 heterocycles. The lowest BCUT2D eigenvalue weighted by molar-refractivity contribution is -0.130. The summed E-state index contributed by atoms with van der Waals surface area (Å²) in [6, 6.07) is 9.41. The summed E-state index contributed by atoms with van der Waals surface area (Å²) in [7, 11) is 1.82. The molecule has 17 heavy (non-hydrogen) atoms. The molecule has 0 aliphatic rings. The quantitative estimate of drug-likeness (QED) is 0.780. The molecule has 0 saturated heterocycles. The first-order chi connectivity index (χ1) is 8.17. The van der Waals surface area contributed by atoms with Gasteiger partial charge in [-0.25, -0.2) is 0 Å². The van der Waals surface area contributed by atoms with Crippen LogP contribution in [0.4, 0.5) is 0 Å². The van der Waals surface area contributed by atoms with E-state index >= 15 is 0 Å². The maximum atomic E-state index is 11.7. The van der Waals surface area contributed by atoms with Crippen molar-refractivity contribution in [2.75, 3.05) is 7.05 Å². The molecule has 0 aliphatic heterocycles. The summed E-state index contributed by atoms with van der Waals surface area (Å²) in [6.07, 6.45) is 2.59. The van der Waals surface area contributed by atoms with Gasteiger partial charge in [0.05, 0.1) is 11.6 Å². The predicted molar refractivity (Wildman–Crippen MR) is 67.2 cm³/mol. The third-order valence-electron chi connectivity index (χ3n) is 2.67. The minimum absolute atomic E-state index is 0.177. The van der Waals surface area contributed by atoms with Gasteiger partial charge in [-0.1, -0.05) is 25.5 Å². The van der Waals surface area contributed by atoms with E-state index in [-0.39, 0.29) is 5.91 Å². The molecule has 0 unspecified atom stereocenters. The van der Waals surface area contributed by atoms with Crippen molar-refractivity contribution in [3.8, 4) is 6.07 Å². The highest BCUT2D eigenvalue weighted by Gasteiger charge is 2.08. The van der Waals surface area contributed by atoms with Crippen LogP contribution in [0.3, 0.4) is 0 Å². The van der Waals surface area contributed by atoms with Crippen LogP contribution in [0.1, 0.15) is 37.3 Å². The zero-order valence-corrected chi connectivity index (χ0v) is 10.4. The Hall–Kier alpha value is -1.82. The zero-order chi connectivity index (χ0) is 12.7. The van der Waals surface area contributed by atoms with Gasteiger partial charge in [0.25, 0.3) is 0 Å². The van der Waals surface area contributed by atoms with Crippen LogP contribution >= 0.6 is 0 Å². The second-order valence-corrected chi connectivity index (χ2v) is 4.16. The van der Waals surface area contributed by atoms with Gasteiger partial charge < -0.3 is 4.90 Å². The van der Waals surface area contributed by atoms with E-state index < -0.39 is 0 Å². The highest BCUT2D eigenvalue weighted by molar-refractivity contribution is 5.75. The van der Waals surface area contributed by atoms with Crippen molar-refractivity contribution in [3.05, 3.63) is 35.4 Å². The Kier molecular flexibility index (Phi) is 5.22. The first kappa shape index (κ1) is 13.2. The number of nitriles is 1. The van der Waals surface area contributed by atoms with Gasteiger partial charge in [0, 0.05) is 20.0 Å². The number of hydrogen-bond acceptors (Lipinski definition) is 2. The minimum atomic E-state index is 0.177. The highest BCUT2D eigenvalue weighted by Crippen LogP contribution is 2.08. The molecule has 0 spiro atoms. The van der Waals surface area contributed by atoms with Gasteiger partial charge in [-0.3, -0.25) is 4.79 Å². The average molecular weight is 230 g/mol. The molecule has 0 fully saturated rings. The zero-order valence-electron chi connectivity index (χ0n) is 10.4. The Morgan fingerprint density at radius 1 is 1.35 bits per heavy atom. The topological polar surface area (TPSA) is 44.1 Å². The largest absolute Gasteiger partial charge is 0.341 e. The number of amides is 1. The number of benzene rings is 1. The van der Waals surface area contributed by atoms with Gasteiger partial charge in [0.2, 0.25) is 5.91 Å². The van der Waals surface area contributed by atoms with Crippen molar-refractivity contribution < 1.29 is 4.79 Å².